The summed E-state index contributed by atoms with van der Waals surface area (Å²) < 4.78 is 0. The fraction of sp³-hybridized carbons (Fsp3) is 1.00. The summed E-state index contributed by atoms with van der Waals surface area (Å²) in [5.74, 6) is 2.86. The van der Waals surface area contributed by atoms with Crippen LogP contribution in [0.4, 0.5) is 0 Å². The van der Waals surface area contributed by atoms with Crippen molar-refractivity contribution in [3.05, 3.63) is 0 Å². The molecule has 1 aliphatic carbocycles. The average Bonchev–Trinajstić information content (AvgIpc) is 2.05. The first-order chi connectivity index (χ1) is 5.74. The van der Waals surface area contributed by atoms with Gasteiger partial charge in [0.15, 0.2) is 0 Å². The average molecular weight is 187 g/mol. The smallest absolute Gasteiger partial charge is 0.0158 e. The van der Waals surface area contributed by atoms with Crippen LogP contribution in [0.2, 0.25) is 0 Å². The molecule has 3 unspecified atom stereocenters. The van der Waals surface area contributed by atoms with Gasteiger partial charge in [0, 0.05) is 11.8 Å². The van der Waals surface area contributed by atoms with Gasteiger partial charge in [-0.25, -0.2) is 0 Å². The molecule has 0 aliphatic heterocycles. The summed E-state index contributed by atoms with van der Waals surface area (Å²) in [6.07, 6.45) is 7.69. The number of nitrogens with two attached hydrogens (primary N) is 1. The van der Waals surface area contributed by atoms with Gasteiger partial charge in [-0.15, -0.1) is 0 Å². The van der Waals surface area contributed by atoms with E-state index >= 15 is 0 Å². The van der Waals surface area contributed by atoms with E-state index in [1.54, 1.807) is 0 Å². The molecule has 1 aliphatic rings. The van der Waals surface area contributed by atoms with Crippen molar-refractivity contribution in [2.75, 3.05) is 12.0 Å². The Labute approximate surface area is 80.5 Å². The van der Waals surface area contributed by atoms with Crippen LogP contribution in [0.25, 0.3) is 0 Å². The molecule has 0 bridgehead atoms. The second-order valence-electron chi connectivity index (χ2n) is 4.15. The Morgan fingerprint density at radius 2 is 2.25 bits per heavy atom. The van der Waals surface area contributed by atoms with Gasteiger partial charge < -0.3 is 5.73 Å². The van der Waals surface area contributed by atoms with E-state index in [1.807, 2.05) is 11.8 Å². The van der Waals surface area contributed by atoms with Crippen LogP contribution in [-0.2, 0) is 0 Å². The van der Waals surface area contributed by atoms with Crippen molar-refractivity contribution in [2.45, 2.75) is 38.6 Å². The fourth-order valence-electron chi connectivity index (χ4n) is 2.20. The number of hydrogen-bond donors (Lipinski definition) is 1. The zero-order valence-electron chi connectivity index (χ0n) is 8.25. The predicted octanol–water partition coefficient (Wildman–Crippen LogP) is 2.50. The van der Waals surface area contributed by atoms with Crippen LogP contribution in [0.5, 0.6) is 0 Å². The van der Waals surface area contributed by atoms with Gasteiger partial charge in [-0.05, 0) is 30.9 Å². The minimum absolute atomic E-state index is 0.447. The SMILES string of the molecule is CSCC(N)C1CCCC(C)C1. The summed E-state index contributed by atoms with van der Waals surface area (Å²) in [4.78, 5) is 0. The van der Waals surface area contributed by atoms with E-state index in [0.717, 1.165) is 17.6 Å². The lowest BCUT2D eigenvalue weighted by atomic mass is 9.79. The topological polar surface area (TPSA) is 26.0 Å². The molecule has 0 spiro atoms. The molecular weight excluding hydrogens is 166 g/mol. The third kappa shape index (κ3) is 2.98. The van der Waals surface area contributed by atoms with E-state index in [0.29, 0.717) is 6.04 Å². The van der Waals surface area contributed by atoms with E-state index in [2.05, 4.69) is 13.2 Å². The molecule has 1 nitrogen and oxygen atoms in total. The van der Waals surface area contributed by atoms with Crippen LogP contribution in [0, 0.1) is 11.8 Å². The summed E-state index contributed by atoms with van der Waals surface area (Å²) in [5, 5.41) is 0. The van der Waals surface area contributed by atoms with Crippen molar-refractivity contribution in [1.82, 2.24) is 0 Å². The lowest BCUT2D eigenvalue weighted by Crippen LogP contribution is -2.35. The standard InChI is InChI=1S/C10H21NS/c1-8-4-3-5-9(6-8)10(11)7-12-2/h8-10H,3-7,11H2,1-2H3. The Hall–Kier alpha value is 0.310. The lowest BCUT2D eigenvalue weighted by Gasteiger charge is -2.30. The van der Waals surface area contributed by atoms with Crippen molar-refractivity contribution in [3.63, 3.8) is 0 Å². The summed E-state index contributed by atoms with van der Waals surface area (Å²) in [5.41, 5.74) is 6.10. The van der Waals surface area contributed by atoms with Crippen molar-refractivity contribution in [1.29, 1.82) is 0 Å². The Morgan fingerprint density at radius 1 is 1.50 bits per heavy atom. The molecule has 0 heterocycles. The summed E-state index contributed by atoms with van der Waals surface area (Å²) in [7, 11) is 0. The van der Waals surface area contributed by atoms with Gasteiger partial charge in [-0.2, -0.15) is 11.8 Å². The second kappa shape index (κ2) is 5.13. The zero-order chi connectivity index (χ0) is 8.97. The highest BCUT2D eigenvalue weighted by Gasteiger charge is 2.23. The molecule has 2 N–H and O–H groups in total. The molecule has 0 saturated heterocycles. The van der Waals surface area contributed by atoms with Crippen LogP contribution in [0.3, 0.4) is 0 Å². The van der Waals surface area contributed by atoms with E-state index < -0.39 is 0 Å². The quantitative estimate of drug-likeness (QED) is 0.734. The number of rotatable bonds is 3. The number of hydrogen-bond acceptors (Lipinski definition) is 2. The van der Waals surface area contributed by atoms with Crippen LogP contribution >= 0.6 is 11.8 Å². The van der Waals surface area contributed by atoms with E-state index in [9.17, 15) is 0 Å². The minimum atomic E-state index is 0.447. The highest BCUT2D eigenvalue weighted by Crippen LogP contribution is 2.30. The highest BCUT2D eigenvalue weighted by atomic mass is 32.2. The summed E-state index contributed by atoms with van der Waals surface area (Å²) >= 11 is 1.88. The van der Waals surface area contributed by atoms with Crippen LogP contribution in [-0.4, -0.2) is 18.1 Å². The maximum atomic E-state index is 6.10. The zero-order valence-corrected chi connectivity index (χ0v) is 9.07. The molecule has 1 saturated carbocycles. The Bertz CT molecular complexity index is 127. The van der Waals surface area contributed by atoms with Gasteiger partial charge in [0.2, 0.25) is 0 Å². The van der Waals surface area contributed by atoms with E-state index in [-0.39, 0.29) is 0 Å². The van der Waals surface area contributed by atoms with Crippen molar-refractivity contribution >= 4 is 11.8 Å². The Kier molecular flexibility index (Phi) is 4.44. The molecule has 2 heteroatoms. The lowest BCUT2D eigenvalue weighted by molar-refractivity contribution is 0.256. The van der Waals surface area contributed by atoms with Crippen LogP contribution in [0.1, 0.15) is 32.6 Å². The third-order valence-corrected chi connectivity index (χ3v) is 3.66. The van der Waals surface area contributed by atoms with Crippen molar-refractivity contribution in [2.24, 2.45) is 17.6 Å². The molecule has 0 amide bonds. The van der Waals surface area contributed by atoms with Gasteiger partial charge in [0.25, 0.3) is 0 Å². The van der Waals surface area contributed by atoms with Gasteiger partial charge in [-0.3, -0.25) is 0 Å². The fourth-order valence-corrected chi connectivity index (χ4v) is 2.86. The highest BCUT2D eigenvalue weighted by molar-refractivity contribution is 7.98. The van der Waals surface area contributed by atoms with Gasteiger partial charge in [0.1, 0.15) is 0 Å². The normalized spacial score (nSPS) is 33.2. The molecule has 12 heavy (non-hydrogen) atoms. The van der Waals surface area contributed by atoms with E-state index in [1.165, 1.54) is 25.7 Å². The van der Waals surface area contributed by atoms with Crippen molar-refractivity contribution in [3.8, 4) is 0 Å². The Morgan fingerprint density at radius 3 is 2.83 bits per heavy atom. The molecule has 3 atom stereocenters. The maximum Gasteiger partial charge on any atom is 0.0158 e. The minimum Gasteiger partial charge on any atom is -0.327 e. The first-order valence-corrected chi connectivity index (χ1v) is 6.38. The molecule has 1 fully saturated rings. The van der Waals surface area contributed by atoms with Gasteiger partial charge in [0.05, 0.1) is 0 Å². The molecule has 0 aromatic carbocycles. The molecule has 0 aromatic rings. The maximum absolute atomic E-state index is 6.10. The van der Waals surface area contributed by atoms with Crippen LogP contribution < -0.4 is 5.73 Å². The monoisotopic (exact) mass is 187 g/mol. The molecule has 72 valence electrons. The summed E-state index contributed by atoms with van der Waals surface area (Å²) in [6.45, 7) is 2.36. The predicted molar refractivity (Wildman–Crippen MR) is 57.5 cm³/mol. The molecular formula is C10H21NS. The number of thioether (sulfide) groups is 1. The largest absolute Gasteiger partial charge is 0.327 e. The first-order valence-electron chi connectivity index (χ1n) is 4.98. The Balaban J connectivity index is 2.29. The molecule has 1 rings (SSSR count). The van der Waals surface area contributed by atoms with Gasteiger partial charge >= 0.3 is 0 Å². The summed E-state index contributed by atoms with van der Waals surface area (Å²) in [6, 6.07) is 0.447. The second-order valence-corrected chi connectivity index (χ2v) is 5.06. The van der Waals surface area contributed by atoms with E-state index in [4.69, 9.17) is 5.73 Å². The molecule has 0 radical (unpaired) electrons. The first kappa shape index (κ1) is 10.4. The third-order valence-electron chi connectivity index (χ3n) is 2.94. The molecule has 0 aromatic heterocycles. The van der Waals surface area contributed by atoms with Crippen LogP contribution in [0.15, 0.2) is 0 Å². The van der Waals surface area contributed by atoms with Crippen molar-refractivity contribution < 1.29 is 0 Å². The van der Waals surface area contributed by atoms with Gasteiger partial charge in [-0.1, -0.05) is 19.8 Å².